The highest BCUT2D eigenvalue weighted by Gasteiger charge is 2.21. The van der Waals surface area contributed by atoms with Gasteiger partial charge in [-0.2, -0.15) is 8.42 Å². The van der Waals surface area contributed by atoms with E-state index in [1.54, 1.807) is 0 Å². The number of benzene rings is 1. The first-order chi connectivity index (χ1) is 9.81. The lowest BCUT2D eigenvalue weighted by atomic mass is 10.2. The molecule has 2 aromatic rings. The van der Waals surface area contributed by atoms with Gasteiger partial charge in [0.2, 0.25) is 5.03 Å². The predicted molar refractivity (Wildman–Crippen MR) is 72.8 cm³/mol. The SMILES string of the molecule is Nc1cc(C(=O)O)ccc1NS(=O)(=O)c1ncccc1F. The van der Waals surface area contributed by atoms with Crippen LogP contribution < -0.4 is 10.5 Å². The minimum atomic E-state index is -4.26. The Morgan fingerprint density at radius 3 is 2.62 bits per heavy atom. The largest absolute Gasteiger partial charge is 0.478 e. The lowest BCUT2D eigenvalue weighted by molar-refractivity contribution is 0.0697. The van der Waals surface area contributed by atoms with E-state index in [0.29, 0.717) is 0 Å². The molecule has 0 radical (unpaired) electrons. The van der Waals surface area contributed by atoms with Gasteiger partial charge in [-0.15, -0.1) is 0 Å². The van der Waals surface area contributed by atoms with Crippen molar-refractivity contribution in [2.75, 3.05) is 10.5 Å². The van der Waals surface area contributed by atoms with Crippen LogP contribution >= 0.6 is 0 Å². The molecule has 0 atom stereocenters. The first-order valence-electron chi connectivity index (χ1n) is 5.57. The van der Waals surface area contributed by atoms with E-state index in [4.69, 9.17) is 10.8 Å². The van der Waals surface area contributed by atoms with Gasteiger partial charge in [-0.25, -0.2) is 14.2 Å². The maximum Gasteiger partial charge on any atom is 0.335 e. The molecule has 0 bridgehead atoms. The summed E-state index contributed by atoms with van der Waals surface area (Å²) in [6.07, 6.45) is 1.13. The monoisotopic (exact) mass is 311 g/mol. The van der Waals surface area contributed by atoms with Crippen LogP contribution in [0.1, 0.15) is 10.4 Å². The summed E-state index contributed by atoms with van der Waals surface area (Å²) < 4.78 is 39.5. The minimum absolute atomic E-state index is 0.0648. The van der Waals surface area contributed by atoms with E-state index in [1.165, 1.54) is 18.2 Å². The molecule has 9 heteroatoms. The maximum atomic E-state index is 13.5. The number of nitrogen functional groups attached to an aromatic ring is 1. The summed E-state index contributed by atoms with van der Waals surface area (Å²) in [4.78, 5) is 14.2. The average molecular weight is 311 g/mol. The van der Waals surface area contributed by atoms with Crippen molar-refractivity contribution in [1.82, 2.24) is 4.98 Å². The number of hydrogen-bond donors (Lipinski definition) is 3. The summed E-state index contributed by atoms with van der Waals surface area (Å²) in [6.45, 7) is 0. The molecule has 4 N–H and O–H groups in total. The van der Waals surface area contributed by atoms with Crippen molar-refractivity contribution in [2.24, 2.45) is 0 Å². The summed E-state index contributed by atoms with van der Waals surface area (Å²) >= 11 is 0. The third-order valence-corrected chi connectivity index (χ3v) is 3.82. The van der Waals surface area contributed by atoms with E-state index in [1.807, 2.05) is 0 Å². The molecular weight excluding hydrogens is 301 g/mol. The second kappa shape index (κ2) is 5.37. The molecule has 0 aliphatic rings. The van der Waals surface area contributed by atoms with Crippen LogP contribution in [0.3, 0.4) is 0 Å². The molecule has 7 nitrogen and oxygen atoms in total. The van der Waals surface area contributed by atoms with Crippen LogP contribution in [0.5, 0.6) is 0 Å². The van der Waals surface area contributed by atoms with Crippen molar-refractivity contribution in [3.8, 4) is 0 Å². The zero-order valence-corrected chi connectivity index (χ0v) is 11.3. The van der Waals surface area contributed by atoms with Crippen molar-refractivity contribution in [3.05, 3.63) is 47.9 Å². The number of hydrogen-bond acceptors (Lipinski definition) is 5. The van der Waals surface area contributed by atoms with Crippen molar-refractivity contribution in [1.29, 1.82) is 0 Å². The number of carbonyl (C=O) groups is 1. The molecule has 1 aromatic carbocycles. The molecule has 2 rings (SSSR count). The van der Waals surface area contributed by atoms with Crippen molar-refractivity contribution < 1.29 is 22.7 Å². The number of halogens is 1. The zero-order valence-electron chi connectivity index (χ0n) is 10.4. The number of nitrogens with one attached hydrogen (secondary N) is 1. The fourth-order valence-electron chi connectivity index (χ4n) is 1.55. The van der Waals surface area contributed by atoms with Gasteiger partial charge in [-0.1, -0.05) is 0 Å². The van der Waals surface area contributed by atoms with Crippen LogP contribution in [0, 0.1) is 5.82 Å². The van der Waals surface area contributed by atoms with Gasteiger partial charge in [0, 0.05) is 6.20 Å². The van der Waals surface area contributed by atoms with Crippen LogP contribution in [-0.4, -0.2) is 24.5 Å². The second-order valence-corrected chi connectivity index (χ2v) is 5.60. The molecule has 0 saturated carbocycles. The highest BCUT2D eigenvalue weighted by Crippen LogP contribution is 2.23. The highest BCUT2D eigenvalue weighted by atomic mass is 32.2. The standard InChI is InChI=1S/C12H10FN3O4S/c13-8-2-1-5-15-11(8)21(19,20)16-10-4-3-7(12(17)18)6-9(10)14/h1-6,16H,14H2,(H,17,18). The minimum Gasteiger partial charge on any atom is -0.478 e. The molecule has 1 aromatic heterocycles. The van der Waals surface area contributed by atoms with E-state index < -0.39 is 26.8 Å². The van der Waals surface area contributed by atoms with E-state index in [2.05, 4.69) is 9.71 Å². The molecule has 0 fully saturated rings. The predicted octanol–water partition coefficient (Wildman–Crippen LogP) is 1.30. The Balaban J connectivity index is 2.38. The topological polar surface area (TPSA) is 122 Å². The Bertz CT molecular complexity index is 808. The number of carboxylic acids is 1. The fraction of sp³-hybridized carbons (Fsp3) is 0. The lowest BCUT2D eigenvalue weighted by Crippen LogP contribution is -2.17. The van der Waals surface area contributed by atoms with Crippen LogP contribution in [0.25, 0.3) is 0 Å². The Morgan fingerprint density at radius 2 is 2.05 bits per heavy atom. The van der Waals surface area contributed by atoms with E-state index >= 15 is 0 Å². The lowest BCUT2D eigenvalue weighted by Gasteiger charge is -2.10. The fourth-order valence-corrected chi connectivity index (χ4v) is 2.65. The van der Waals surface area contributed by atoms with Gasteiger partial charge in [0.15, 0.2) is 5.82 Å². The summed E-state index contributed by atoms with van der Waals surface area (Å²) in [7, 11) is -4.26. The smallest absolute Gasteiger partial charge is 0.335 e. The van der Waals surface area contributed by atoms with Gasteiger partial charge in [0.1, 0.15) is 0 Å². The van der Waals surface area contributed by atoms with Crippen LogP contribution in [-0.2, 0) is 10.0 Å². The summed E-state index contributed by atoms with van der Waals surface area (Å²) in [5.41, 5.74) is 5.31. The summed E-state index contributed by atoms with van der Waals surface area (Å²) in [6, 6.07) is 5.65. The first kappa shape index (κ1) is 14.7. The number of nitrogens with two attached hydrogens (primary N) is 1. The Labute approximate surface area is 119 Å². The number of sulfonamides is 1. The van der Waals surface area contributed by atoms with Gasteiger partial charge < -0.3 is 10.8 Å². The van der Waals surface area contributed by atoms with E-state index in [9.17, 15) is 17.6 Å². The number of nitrogens with zero attached hydrogens (tertiary/aromatic N) is 1. The number of aromatic nitrogens is 1. The maximum absolute atomic E-state index is 13.5. The van der Waals surface area contributed by atoms with E-state index in [0.717, 1.165) is 18.3 Å². The molecule has 1 heterocycles. The average Bonchev–Trinajstić information content (AvgIpc) is 2.41. The Kier molecular flexibility index (Phi) is 3.76. The quantitative estimate of drug-likeness (QED) is 0.731. The number of pyridine rings is 1. The number of anilines is 2. The molecule has 0 spiro atoms. The molecule has 110 valence electrons. The Hall–Kier alpha value is -2.68. The molecule has 0 aliphatic heterocycles. The molecule has 0 amide bonds. The van der Waals surface area contributed by atoms with Gasteiger partial charge in [0.05, 0.1) is 16.9 Å². The van der Waals surface area contributed by atoms with E-state index in [-0.39, 0.29) is 16.9 Å². The van der Waals surface area contributed by atoms with Crippen molar-refractivity contribution in [2.45, 2.75) is 5.03 Å². The second-order valence-electron chi connectivity index (χ2n) is 4.00. The van der Waals surface area contributed by atoms with Crippen LogP contribution in [0.15, 0.2) is 41.6 Å². The normalized spacial score (nSPS) is 11.1. The molecule has 21 heavy (non-hydrogen) atoms. The third-order valence-electron chi connectivity index (χ3n) is 2.52. The number of rotatable bonds is 4. The van der Waals surface area contributed by atoms with Crippen LogP contribution in [0.2, 0.25) is 0 Å². The summed E-state index contributed by atoms with van der Waals surface area (Å²) in [5.74, 6) is -2.21. The molecule has 0 aliphatic carbocycles. The van der Waals surface area contributed by atoms with Crippen molar-refractivity contribution in [3.63, 3.8) is 0 Å². The Morgan fingerprint density at radius 1 is 1.33 bits per heavy atom. The summed E-state index contributed by atoms with van der Waals surface area (Å²) in [5, 5.41) is 8.02. The highest BCUT2D eigenvalue weighted by molar-refractivity contribution is 7.92. The number of aromatic carboxylic acids is 1. The number of carboxylic acid groups (broad SMARTS) is 1. The van der Waals surface area contributed by atoms with Gasteiger partial charge in [-0.05, 0) is 30.3 Å². The van der Waals surface area contributed by atoms with Gasteiger partial charge in [0.25, 0.3) is 10.0 Å². The zero-order chi connectivity index (χ0) is 15.6. The third kappa shape index (κ3) is 3.08. The van der Waals surface area contributed by atoms with Gasteiger partial charge in [-0.3, -0.25) is 4.72 Å². The first-order valence-corrected chi connectivity index (χ1v) is 7.06. The van der Waals surface area contributed by atoms with Crippen LogP contribution in [0.4, 0.5) is 15.8 Å². The molecule has 0 saturated heterocycles. The van der Waals surface area contributed by atoms with Crippen molar-refractivity contribution >= 4 is 27.4 Å². The molecular formula is C12H10FN3O4S. The molecule has 0 unspecified atom stereocenters. The van der Waals surface area contributed by atoms with Gasteiger partial charge >= 0.3 is 5.97 Å².